The van der Waals surface area contributed by atoms with Crippen LogP contribution in [0.15, 0.2) is 66.9 Å². The van der Waals surface area contributed by atoms with Crippen molar-refractivity contribution in [2.24, 2.45) is 0 Å². The van der Waals surface area contributed by atoms with E-state index in [4.69, 9.17) is 0 Å². The molecule has 0 radical (unpaired) electrons. The summed E-state index contributed by atoms with van der Waals surface area (Å²) in [6, 6.07) is 20.2. The van der Waals surface area contributed by atoms with Gasteiger partial charge < -0.3 is 0 Å². The molecule has 0 aliphatic rings. The number of para-hydroxylation sites is 1. The van der Waals surface area contributed by atoms with Crippen molar-refractivity contribution in [2.75, 3.05) is 0 Å². The average molecular weight is 289 g/mol. The molecule has 110 valence electrons. The second-order valence-corrected chi connectivity index (χ2v) is 5.77. The molecule has 2 nitrogen and oxygen atoms in total. The Kier molecular flexibility index (Phi) is 4.29. The molecule has 0 fully saturated rings. The fourth-order valence-corrected chi connectivity index (χ4v) is 2.75. The molecule has 1 atom stereocenters. The van der Waals surface area contributed by atoms with Crippen LogP contribution in [-0.2, 0) is 11.2 Å². The number of pyridine rings is 1. The lowest BCUT2D eigenvalue weighted by atomic mass is 9.93. The van der Waals surface area contributed by atoms with Crippen molar-refractivity contribution in [3.63, 3.8) is 0 Å². The van der Waals surface area contributed by atoms with Gasteiger partial charge in [0.2, 0.25) is 0 Å². The molecule has 1 aromatic heterocycles. The lowest BCUT2D eigenvalue weighted by Gasteiger charge is -2.11. The molecule has 1 unspecified atom stereocenters. The highest BCUT2D eigenvalue weighted by atomic mass is 16.1. The summed E-state index contributed by atoms with van der Waals surface area (Å²) in [6.45, 7) is 2.10. The van der Waals surface area contributed by atoms with Crippen molar-refractivity contribution in [1.82, 2.24) is 4.98 Å². The number of fused-ring (bicyclic) bond motifs is 1. The minimum atomic E-state index is 0.252. The smallest absolute Gasteiger partial charge is 0.137 e. The van der Waals surface area contributed by atoms with Crippen molar-refractivity contribution in [2.45, 2.75) is 25.7 Å². The van der Waals surface area contributed by atoms with Gasteiger partial charge in [-0.2, -0.15) is 0 Å². The van der Waals surface area contributed by atoms with E-state index >= 15 is 0 Å². The quantitative estimate of drug-likeness (QED) is 0.690. The Morgan fingerprint density at radius 1 is 1.05 bits per heavy atom. The number of hydrogen-bond acceptors (Lipinski definition) is 2. The summed E-state index contributed by atoms with van der Waals surface area (Å²) in [5.74, 6) is 0.510. The lowest BCUT2D eigenvalue weighted by Crippen LogP contribution is -2.07. The van der Waals surface area contributed by atoms with Gasteiger partial charge in [0, 0.05) is 24.4 Å². The normalized spacial score (nSPS) is 12.2. The van der Waals surface area contributed by atoms with Crippen LogP contribution in [-0.4, -0.2) is 10.8 Å². The molecule has 22 heavy (non-hydrogen) atoms. The van der Waals surface area contributed by atoms with Gasteiger partial charge in [-0.1, -0.05) is 55.5 Å². The number of hydrogen-bond donors (Lipinski definition) is 0. The monoisotopic (exact) mass is 289 g/mol. The fourth-order valence-electron chi connectivity index (χ4n) is 2.75. The van der Waals surface area contributed by atoms with Crippen LogP contribution < -0.4 is 0 Å². The van der Waals surface area contributed by atoms with Gasteiger partial charge in [0.15, 0.2) is 0 Å². The maximum absolute atomic E-state index is 12.3. The first kappa shape index (κ1) is 14.5. The van der Waals surface area contributed by atoms with E-state index in [9.17, 15) is 4.79 Å². The van der Waals surface area contributed by atoms with Gasteiger partial charge in [-0.15, -0.1) is 0 Å². The van der Waals surface area contributed by atoms with Crippen molar-refractivity contribution >= 4 is 16.7 Å². The van der Waals surface area contributed by atoms with Crippen LogP contribution in [0.1, 0.15) is 30.4 Å². The zero-order chi connectivity index (χ0) is 15.4. The first-order valence-electron chi connectivity index (χ1n) is 7.62. The number of carbonyl (C=O) groups excluding carboxylic acids is 1. The van der Waals surface area contributed by atoms with Crippen LogP contribution in [0, 0.1) is 0 Å². The number of Topliss-reactive ketones (excluding diaryl/α,β-unsaturated/α-hetero) is 1. The highest BCUT2D eigenvalue weighted by molar-refractivity contribution is 5.84. The predicted molar refractivity (Wildman–Crippen MR) is 89.9 cm³/mol. The number of carbonyl (C=O) groups is 1. The topological polar surface area (TPSA) is 30.0 Å². The van der Waals surface area contributed by atoms with E-state index in [1.807, 2.05) is 48.7 Å². The molecule has 1 heterocycles. The van der Waals surface area contributed by atoms with E-state index in [0.29, 0.717) is 12.8 Å². The van der Waals surface area contributed by atoms with Crippen LogP contribution in [0.4, 0.5) is 0 Å². The molecular weight excluding hydrogens is 270 g/mol. The Balaban J connectivity index is 1.68. The summed E-state index contributed by atoms with van der Waals surface area (Å²) in [5.41, 5.74) is 3.17. The summed E-state index contributed by atoms with van der Waals surface area (Å²) in [6.07, 6.45) is 2.83. The van der Waals surface area contributed by atoms with Crippen LogP contribution in [0.5, 0.6) is 0 Å². The van der Waals surface area contributed by atoms with E-state index in [2.05, 4.69) is 30.1 Å². The molecule has 3 aromatic rings. The zero-order valence-corrected chi connectivity index (χ0v) is 12.7. The van der Waals surface area contributed by atoms with Gasteiger partial charge in [0.25, 0.3) is 0 Å². The Morgan fingerprint density at radius 3 is 2.59 bits per heavy atom. The average Bonchev–Trinajstić information content (AvgIpc) is 2.55. The second-order valence-electron chi connectivity index (χ2n) is 5.77. The molecule has 3 rings (SSSR count). The highest BCUT2D eigenvalue weighted by Crippen LogP contribution is 2.20. The zero-order valence-electron chi connectivity index (χ0n) is 12.7. The molecular formula is C20H19NO. The number of benzene rings is 2. The summed E-state index contributed by atoms with van der Waals surface area (Å²) in [7, 11) is 0. The van der Waals surface area contributed by atoms with Gasteiger partial charge in [-0.25, -0.2) is 0 Å². The molecule has 0 saturated heterocycles. The number of nitrogens with zero attached hydrogens (tertiary/aromatic N) is 1. The van der Waals surface area contributed by atoms with Crippen molar-refractivity contribution in [1.29, 1.82) is 0 Å². The van der Waals surface area contributed by atoms with Gasteiger partial charge in [-0.05, 0) is 29.2 Å². The Bertz CT molecular complexity index is 780. The summed E-state index contributed by atoms with van der Waals surface area (Å²) in [5, 5.41) is 1.09. The maximum atomic E-state index is 12.3. The Labute approximate surface area is 130 Å². The van der Waals surface area contributed by atoms with Crippen LogP contribution >= 0.6 is 0 Å². The van der Waals surface area contributed by atoms with E-state index in [1.165, 1.54) is 5.56 Å². The molecule has 0 aliphatic heterocycles. The van der Waals surface area contributed by atoms with Gasteiger partial charge in [-0.3, -0.25) is 9.78 Å². The third-order valence-corrected chi connectivity index (χ3v) is 3.95. The van der Waals surface area contributed by atoms with Gasteiger partial charge in [0.1, 0.15) is 5.78 Å². The molecule has 0 spiro atoms. The van der Waals surface area contributed by atoms with Crippen LogP contribution in [0.3, 0.4) is 0 Å². The summed E-state index contributed by atoms with van der Waals surface area (Å²) < 4.78 is 0. The number of aromatic nitrogens is 1. The fraction of sp³-hybridized carbons (Fsp3) is 0.200. The predicted octanol–water partition coefficient (Wildman–Crippen LogP) is 4.54. The minimum Gasteiger partial charge on any atom is -0.299 e. The largest absolute Gasteiger partial charge is 0.299 e. The molecule has 0 aliphatic carbocycles. The molecule has 0 saturated carbocycles. The molecule has 0 bridgehead atoms. The van der Waals surface area contributed by atoms with Crippen LogP contribution in [0.2, 0.25) is 0 Å². The molecule has 2 heteroatoms. The van der Waals surface area contributed by atoms with Crippen molar-refractivity contribution in [3.8, 4) is 0 Å². The second kappa shape index (κ2) is 6.52. The first-order valence-corrected chi connectivity index (χ1v) is 7.62. The van der Waals surface area contributed by atoms with E-state index in [-0.39, 0.29) is 11.7 Å². The maximum Gasteiger partial charge on any atom is 0.137 e. The van der Waals surface area contributed by atoms with Crippen molar-refractivity contribution in [3.05, 3.63) is 78.0 Å². The summed E-state index contributed by atoms with van der Waals surface area (Å²) >= 11 is 0. The number of ketones is 1. The summed E-state index contributed by atoms with van der Waals surface area (Å²) in [4.78, 5) is 16.7. The standard InChI is InChI=1S/C20H19NO/c1-15(17-7-3-2-4-8-17)11-19(22)13-16-12-18-9-5-6-10-20(18)21-14-16/h2-10,12,14-15H,11,13H2,1H3. The first-order chi connectivity index (χ1) is 10.7. The van der Waals surface area contributed by atoms with E-state index in [0.717, 1.165) is 16.5 Å². The lowest BCUT2D eigenvalue weighted by molar-refractivity contribution is -0.118. The third kappa shape index (κ3) is 3.40. The molecule has 0 N–H and O–H groups in total. The SMILES string of the molecule is CC(CC(=O)Cc1cnc2ccccc2c1)c1ccccc1. The molecule has 2 aromatic carbocycles. The molecule has 0 amide bonds. The highest BCUT2D eigenvalue weighted by Gasteiger charge is 2.12. The van der Waals surface area contributed by atoms with E-state index < -0.39 is 0 Å². The van der Waals surface area contributed by atoms with Gasteiger partial charge in [0.05, 0.1) is 5.52 Å². The van der Waals surface area contributed by atoms with Crippen molar-refractivity contribution < 1.29 is 4.79 Å². The Hall–Kier alpha value is -2.48. The van der Waals surface area contributed by atoms with Gasteiger partial charge >= 0.3 is 0 Å². The minimum absolute atomic E-state index is 0.252. The number of rotatable bonds is 5. The third-order valence-electron chi connectivity index (χ3n) is 3.95. The van der Waals surface area contributed by atoms with Crippen LogP contribution in [0.25, 0.3) is 10.9 Å². The Morgan fingerprint density at radius 2 is 1.77 bits per heavy atom. The van der Waals surface area contributed by atoms with E-state index in [1.54, 1.807) is 0 Å².